The Balaban J connectivity index is 2.07. The molecular formula is C19H21NO4S. The lowest BCUT2D eigenvalue weighted by Gasteiger charge is -2.28. The minimum Gasteiger partial charge on any atom is -0.468 e. The summed E-state index contributed by atoms with van der Waals surface area (Å²) in [6.07, 6.45) is 1.02. The minimum atomic E-state index is -3.82. The summed E-state index contributed by atoms with van der Waals surface area (Å²) in [6, 6.07) is 14.9. The summed E-state index contributed by atoms with van der Waals surface area (Å²) in [5.74, 6) is -0.519. The molecule has 1 heterocycles. The first-order valence-electron chi connectivity index (χ1n) is 8.18. The lowest BCUT2D eigenvalue weighted by molar-refractivity contribution is -0.144. The molecule has 2 unspecified atom stereocenters. The molecule has 1 aliphatic rings. The molecule has 0 amide bonds. The zero-order chi connectivity index (χ0) is 18.0. The molecule has 132 valence electrons. The van der Waals surface area contributed by atoms with Crippen molar-refractivity contribution < 1.29 is 17.9 Å². The molecule has 0 bridgehead atoms. The van der Waals surface area contributed by atoms with E-state index in [1.165, 1.54) is 11.4 Å². The summed E-state index contributed by atoms with van der Waals surface area (Å²) in [5, 5.41) is 0. The van der Waals surface area contributed by atoms with E-state index in [2.05, 4.69) is 0 Å². The largest absolute Gasteiger partial charge is 0.468 e. The Morgan fingerprint density at radius 2 is 1.68 bits per heavy atom. The van der Waals surface area contributed by atoms with E-state index in [0.717, 1.165) is 11.1 Å². The summed E-state index contributed by atoms with van der Waals surface area (Å²) in [4.78, 5) is 12.4. The highest BCUT2D eigenvalue weighted by Gasteiger charge is 2.46. The van der Waals surface area contributed by atoms with Crippen LogP contribution in [0, 0.1) is 6.92 Å². The number of carbonyl (C=O) groups is 1. The van der Waals surface area contributed by atoms with Gasteiger partial charge >= 0.3 is 5.97 Å². The van der Waals surface area contributed by atoms with Crippen molar-refractivity contribution >= 4 is 16.0 Å². The first kappa shape index (κ1) is 17.6. The van der Waals surface area contributed by atoms with E-state index in [-0.39, 0.29) is 10.9 Å². The van der Waals surface area contributed by atoms with Gasteiger partial charge in [0.15, 0.2) is 0 Å². The molecule has 1 fully saturated rings. The third-order valence-electron chi connectivity index (χ3n) is 4.58. The summed E-state index contributed by atoms with van der Waals surface area (Å²) in [6.45, 7) is 1.90. The van der Waals surface area contributed by atoms with Crippen LogP contribution in [0.4, 0.5) is 0 Å². The summed E-state index contributed by atoms with van der Waals surface area (Å²) < 4.78 is 32.7. The van der Waals surface area contributed by atoms with Crippen LogP contribution in [0.1, 0.15) is 30.0 Å². The molecule has 0 N–H and O–H groups in total. The molecule has 3 rings (SSSR count). The number of sulfonamides is 1. The van der Waals surface area contributed by atoms with E-state index in [1.54, 1.807) is 24.3 Å². The number of rotatable bonds is 4. The predicted molar refractivity (Wildman–Crippen MR) is 94.4 cm³/mol. The number of esters is 1. The highest BCUT2D eigenvalue weighted by Crippen LogP contribution is 2.40. The molecule has 0 spiro atoms. The van der Waals surface area contributed by atoms with E-state index >= 15 is 0 Å². The van der Waals surface area contributed by atoms with Gasteiger partial charge < -0.3 is 4.74 Å². The minimum absolute atomic E-state index is 0.190. The van der Waals surface area contributed by atoms with Gasteiger partial charge in [-0.3, -0.25) is 4.79 Å². The second-order valence-corrected chi connectivity index (χ2v) is 8.03. The van der Waals surface area contributed by atoms with Gasteiger partial charge in [0.2, 0.25) is 10.0 Å². The molecule has 2 aromatic rings. The van der Waals surface area contributed by atoms with Crippen molar-refractivity contribution in [2.24, 2.45) is 0 Å². The van der Waals surface area contributed by atoms with Crippen molar-refractivity contribution in [3.05, 3.63) is 65.7 Å². The zero-order valence-corrected chi connectivity index (χ0v) is 15.1. The molecule has 6 heteroatoms. The van der Waals surface area contributed by atoms with Crippen LogP contribution >= 0.6 is 0 Å². The van der Waals surface area contributed by atoms with Crippen LogP contribution in [0.2, 0.25) is 0 Å². The maximum Gasteiger partial charge on any atom is 0.324 e. The van der Waals surface area contributed by atoms with Crippen molar-refractivity contribution in [2.45, 2.75) is 36.7 Å². The van der Waals surface area contributed by atoms with Crippen molar-refractivity contribution in [2.75, 3.05) is 7.11 Å². The smallest absolute Gasteiger partial charge is 0.324 e. The van der Waals surface area contributed by atoms with Gasteiger partial charge in [-0.05, 0) is 37.5 Å². The van der Waals surface area contributed by atoms with Gasteiger partial charge in [-0.15, -0.1) is 0 Å². The van der Waals surface area contributed by atoms with Crippen molar-refractivity contribution in [3.8, 4) is 0 Å². The average molecular weight is 359 g/mol. The molecule has 0 aromatic heterocycles. The van der Waals surface area contributed by atoms with Crippen LogP contribution in [-0.4, -0.2) is 31.8 Å². The van der Waals surface area contributed by atoms with Crippen molar-refractivity contribution in [3.63, 3.8) is 0 Å². The van der Waals surface area contributed by atoms with Gasteiger partial charge in [-0.1, -0.05) is 48.0 Å². The summed E-state index contributed by atoms with van der Waals surface area (Å²) in [7, 11) is -2.54. The number of hydrogen-bond donors (Lipinski definition) is 0. The zero-order valence-electron chi connectivity index (χ0n) is 14.3. The van der Waals surface area contributed by atoms with Gasteiger partial charge in [0, 0.05) is 0 Å². The fourth-order valence-electron chi connectivity index (χ4n) is 3.30. The fraction of sp³-hybridized carbons (Fsp3) is 0.316. The number of carbonyl (C=O) groups excluding carboxylic acids is 1. The van der Waals surface area contributed by atoms with Gasteiger partial charge in [0.05, 0.1) is 18.0 Å². The van der Waals surface area contributed by atoms with Crippen LogP contribution < -0.4 is 0 Å². The lowest BCUT2D eigenvalue weighted by atomic mass is 10.1. The van der Waals surface area contributed by atoms with E-state index in [1.807, 2.05) is 37.3 Å². The van der Waals surface area contributed by atoms with E-state index in [9.17, 15) is 13.2 Å². The highest BCUT2D eigenvalue weighted by atomic mass is 32.2. The van der Waals surface area contributed by atoms with E-state index in [4.69, 9.17) is 4.74 Å². The molecule has 2 aromatic carbocycles. The quantitative estimate of drug-likeness (QED) is 0.787. The second-order valence-electron chi connectivity index (χ2n) is 6.19. The lowest BCUT2D eigenvalue weighted by Crippen LogP contribution is -2.42. The standard InChI is InChI=1S/C19H21NO4S/c1-14-8-10-16(11-9-14)25(22,23)20-17(15-6-4-3-5-7-15)12-13-18(20)19(21)24-2/h3-11,17-18H,12-13H2,1-2H3. The van der Waals surface area contributed by atoms with E-state index < -0.39 is 22.0 Å². The Morgan fingerprint density at radius 1 is 1.04 bits per heavy atom. The third kappa shape index (κ3) is 3.32. The molecule has 0 radical (unpaired) electrons. The van der Waals surface area contributed by atoms with Crippen molar-refractivity contribution in [1.29, 1.82) is 0 Å². The molecule has 1 aliphatic heterocycles. The SMILES string of the molecule is COC(=O)C1CCC(c2ccccc2)N1S(=O)(=O)c1ccc(C)cc1. The summed E-state index contributed by atoms with van der Waals surface area (Å²) >= 11 is 0. The number of ether oxygens (including phenoxy) is 1. The molecule has 25 heavy (non-hydrogen) atoms. The normalized spacial score (nSPS) is 21.2. The van der Waals surface area contributed by atoms with Crippen LogP contribution in [0.15, 0.2) is 59.5 Å². The van der Waals surface area contributed by atoms with Crippen molar-refractivity contribution in [1.82, 2.24) is 4.31 Å². The second kappa shape index (κ2) is 6.98. The molecule has 0 saturated carbocycles. The Bertz CT molecular complexity index is 847. The third-order valence-corrected chi connectivity index (χ3v) is 6.51. The fourth-order valence-corrected chi connectivity index (χ4v) is 5.11. The Hall–Kier alpha value is -2.18. The Kier molecular flexibility index (Phi) is 4.92. The predicted octanol–water partition coefficient (Wildman–Crippen LogP) is 3.06. The maximum absolute atomic E-state index is 13.3. The number of benzene rings is 2. The number of aryl methyl sites for hydroxylation is 1. The highest BCUT2D eigenvalue weighted by molar-refractivity contribution is 7.89. The molecule has 1 saturated heterocycles. The van der Waals surface area contributed by atoms with E-state index in [0.29, 0.717) is 12.8 Å². The van der Waals surface area contributed by atoms with Crippen LogP contribution in [-0.2, 0) is 19.6 Å². The Morgan fingerprint density at radius 3 is 2.28 bits per heavy atom. The maximum atomic E-state index is 13.3. The Labute approximate surface area is 148 Å². The number of nitrogens with zero attached hydrogens (tertiary/aromatic N) is 1. The van der Waals surface area contributed by atoms with Crippen LogP contribution in [0.3, 0.4) is 0 Å². The summed E-state index contributed by atoms with van der Waals surface area (Å²) in [5.41, 5.74) is 1.86. The first-order chi connectivity index (χ1) is 11.9. The van der Waals surface area contributed by atoms with Gasteiger partial charge in [-0.25, -0.2) is 8.42 Å². The number of methoxy groups -OCH3 is 1. The monoisotopic (exact) mass is 359 g/mol. The van der Waals surface area contributed by atoms with Crippen LogP contribution in [0.5, 0.6) is 0 Å². The average Bonchev–Trinajstić information content (AvgIpc) is 3.08. The molecule has 2 atom stereocenters. The molecule has 5 nitrogen and oxygen atoms in total. The molecule has 0 aliphatic carbocycles. The first-order valence-corrected chi connectivity index (χ1v) is 9.62. The molecular weight excluding hydrogens is 338 g/mol. The topological polar surface area (TPSA) is 63.7 Å². The van der Waals surface area contributed by atoms with Gasteiger partial charge in [0.1, 0.15) is 6.04 Å². The van der Waals surface area contributed by atoms with Crippen LogP contribution in [0.25, 0.3) is 0 Å². The number of hydrogen-bond acceptors (Lipinski definition) is 4. The van der Waals surface area contributed by atoms with Gasteiger partial charge in [0.25, 0.3) is 0 Å². The van der Waals surface area contributed by atoms with Gasteiger partial charge in [-0.2, -0.15) is 4.31 Å².